The van der Waals surface area contributed by atoms with Crippen molar-refractivity contribution < 1.29 is 9.53 Å². The van der Waals surface area contributed by atoms with Gasteiger partial charge in [0, 0.05) is 20.1 Å². The minimum absolute atomic E-state index is 0.0639. The molecule has 94 valence electrons. The third-order valence-electron chi connectivity index (χ3n) is 2.53. The molecule has 0 radical (unpaired) electrons. The molecule has 0 saturated carbocycles. The number of rotatable bonds is 2. The molecule has 1 aromatic rings. The monoisotopic (exact) mass is 256 g/mol. The standard InChI is InChI=1S/C10H16N4O2S/c1-6-4-14(5-7(2)16-6)9(15)8-12-13-10(11-3)17-8/h6-7H,4-5H2,1-3H3,(H,11,13)/t6-,7+. The second-order valence-electron chi connectivity index (χ2n) is 4.13. The van der Waals surface area contributed by atoms with Crippen molar-refractivity contribution >= 4 is 22.4 Å². The topological polar surface area (TPSA) is 67.4 Å². The first-order chi connectivity index (χ1) is 8.10. The normalized spacial score (nSPS) is 24.8. The van der Waals surface area contributed by atoms with Crippen LogP contribution >= 0.6 is 11.3 Å². The Labute approximate surface area is 104 Å². The largest absolute Gasteiger partial charge is 0.372 e. The summed E-state index contributed by atoms with van der Waals surface area (Å²) in [5.41, 5.74) is 0. The zero-order valence-electron chi connectivity index (χ0n) is 10.1. The van der Waals surface area contributed by atoms with Gasteiger partial charge in [0.05, 0.1) is 12.2 Å². The molecule has 1 amide bonds. The Kier molecular flexibility index (Phi) is 3.58. The van der Waals surface area contributed by atoms with E-state index in [0.717, 1.165) is 0 Å². The summed E-state index contributed by atoms with van der Waals surface area (Å²) in [6, 6.07) is 0. The van der Waals surface area contributed by atoms with E-state index in [2.05, 4.69) is 15.5 Å². The van der Waals surface area contributed by atoms with E-state index in [0.29, 0.717) is 23.2 Å². The van der Waals surface area contributed by atoms with Crippen molar-refractivity contribution in [2.75, 3.05) is 25.5 Å². The lowest BCUT2D eigenvalue weighted by Crippen LogP contribution is -2.48. The van der Waals surface area contributed by atoms with E-state index in [9.17, 15) is 4.79 Å². The fourth-order valence-electron chi connectivity index (χ4n) is 1.89. The van der Waals surface area contributed by atoms with E-state index in [4.69, 9.17) is 4.74 Å². The van der Waals surface area contributed by atoms with E-state index < -0.39 is 0 Å². The van der Waals surface area contributed by atoms with Gasteiger partial charge in [0.2, 0.25) is 10.1 Å². The number of hydrogen-bond donors (Lipinski definition) is 1. The van der Waals surface area contributed by atoms with Crippen LogP contribution in [0.2, 0.25) is 0 Å². The predicted molar refractivity (Wildman–Crippen MR) is 65.4 cm³/mol. The lowest BCUT2D eigenvalue weighted by Gasteiger charge is -2.34. The maximum Gasteiger partial charge on any atom is 0.285 e. The lowest BCUT2D eigenvalue weighted by molar-refractivity contribution is -0.0586. The molecule has 17 heavy (non-hydrogen) atoms. The number of morpholine rings is 1. The van der Waals surface area contributed by atoms with Crippen LogP contribution in [0.4, 0.5) is 5.13 Å². The number of nitrogens with one attached hydrogen (secondary N) is 1. The molecule has 1 N–H and O–H groups in total. The zero-order chi connectivity index (χ0) is 12.4. The third-order valence-corrected chi connectivity index (χ3v) is 3.46. The smallest absolute Gasteiger partial charge is 0.285 e. The molecule has 0 aromatic carbocycles. The van der Waals surface area contributed by atoms with Gasteiger partial charge in [-0.1, -0.05) is 11.3 Å². The molecule has 2 rings (SSSR count). The number of aromatic nitrogens is 2. The molecule has 6 nitrogen and oxygen atoms in total. The van der Waals surface area contributed by atoms with E-state index in [-0.39, 0.29) is 18.1 Å². The highest BCUT2D eigenvalue weighted by atomic mass is 32.1. The molecule has 1 aliphatic heterocycles. The fraction of sp³-hybridized carbons (Fsp3) is 0.700. The molecule has 0 aliphatic carbocycles. The van der Waals surface area contributed by atoms with Crippen molar-refractivity contribution in [2.45, 2.75) is 26.1 Å². The number of hydrogen-bond acceptors (Lipinski definition) is 6. The molecule has 1 fully saturated rings. The summed E-state index contributed by atoms with van der Waals surface area (Å²) < 4.78 is 5.59. The van der Waals surface area contributed by atoms with E-state index in [1.807, 2.05) is 13.8 Å². The highest BCUT2D eigenvalue weighted by Crippen LogP contribution is 2.19. The van der Waals surface area contributed by atoms with Gasteiger partial charge in [-0.15, -0.1) is 10.2 Å². The Hall–Kier alpha value is -1.21. The number of amides is 1. The van der Waals surface area contributed by atoms with E-state index >= 15 is 0 Å². The van der Waals surface area contributed by atoms with Crippen molar-refractivity contribution in [2.24, 2.45) is 0 Å². The average molecular weight is 256 g/mol. The van der Waals surface area contributed by atoms with Crippen LogP contribution in [-0.2, 0) is 4.74 Å². The van der Waals surface area contributed by atoms with Crippen molar-refractivity contribution in [3.8, 4) is 0 Å². The van der Waals surface area contributed by atoms with Crippen LogP contribution in [0.1, 0.15) is 23.6 Å². The lowest BCUT2D eigenvalue weighted by atomic mass is 10.2. The van der Waals surface area contributed by atoms with Crippen molar-refractivity contribution in [1.29, 1.82) is 0 Å². The summed E-state index contributed by atoms with van der Waals surface area (Å²) in [4.78, 5) is 13.9. The van der Waals surface area contributed by atoms with Crippen LogP contribution in [0.5, 0.6) is 0 Å². The number of carbonyl (C=O) groups is 1. The van der Waals surface area contributed by atoms with Crippen LogP contribution in [0.3, 0.4) is 0 Å². The van der Waals surface area contributed by atoms with Crippen molar-refractivity contribution in [1.82, 2.24) is 15.1 Å². The Morgan fingerprint density at radius 1 is 1.41 bits per heavy atom. The molecular formula is C10H16N4O2S. The molecule has 1 aromatic heterocycles. The molecule has 0 spiro atoms. The van der Waals surface area contributed by atoms with Gasteiger partial charge in [-0.3, -0.25) is 4.79 Å². The van der Waals surface area contributed by atoms with Gasteiger partial charge >= 0.3 is 0 Å². The van der Waals surface area contributed by atoms with Crippen molar-refractivity contribution in [3.05, 3.63) is 5.01 Å². The van der Waals surface area contributed by atoms with E-state index in [1.165, 1.54) is 11.3 Å². The predicted octanol–water partition coefficient (Wildman–Crippen LogP) is 0.829. The van der Waals surface area contributed by atoms with Gasteiger partial charge in [0.15, 0.2) is 0 Å². The molecule has 7 heteroatoms. The summed E-state index contributed by atoms with van der Waals surface area (Å²) in [7, 11) is 1.76. The van der Waals surface area contributed by atoms with Gasteiger partial charge in [0.1, 0.15) is 0 Å². The average Bonchev–Trinajstić information content (AvgIpc) is 2.75. The quantitative estimate of drug-likeness (QED) is 0.849. The van der Waals surface area contributed by atoms with Crippen LogP contribution in [-0.4, -0.2) is 53.3 Å². The molecule has 2 heterocycles. The summed E-state index contributed by atoms with van der Waals surface area (Å²) in [6.45, 7) is 5.15. The number of anilines is 1. The molecule has 1 saturated heterocycles. The van der Waals surface area contributed by atoms with Gasteiger partial charge < -0.3 is 15.0 Å². The minimum atomic E-state index is -0.0639. The Bertz CT molecular complexity index is 399. The second-order valence-corrected chi connectivity index (χ2v) is 5.11. The third kappa shape index (κ3) is 2.73. The second kappa shape index (κ2) is 4.97. The van der Waals surface area contributed by atoms with Crippen molar-refractivity contribution in [3.63, 3.8) is 0 Å². The Morgan fingerprint density at radius 3 is 2.59 bits per heavy atom. The molecule has 1 aliphatic rings. The fourth-order valence-corrected chi connectivity index (χ4v) is 2.55. The first-order valence-electron chi connectivity index (χ1n) is 5.56. The molecule has 0 unspecified atom stereocenters. The first-order valence-corrected chi connectivity index (χ1v) is 6.37. The van der Waals surface area contributed by atoms with Gasteiger partial charge in [-0.2, -0.15) is 0 Å². The molecule has 0 bridgehead atoms. The number of ether oxygens (including phenoxy) is 1. The Morgan fingerprint density at radius 2 is 2.06 bits per heavy atom. The van der Waals surface area contributed by atoms with Gasteiger partial charge in [-0.25, -0.2) is 0 Å². The molecule has 2 atom stereocenters. The summed E-state index contributed by atoms with van der Waals surface area (Å²) >= 11 is 1.27. The number of carbonyl (C=O) groups excluding carboxylic acids is 1. The van der Waals surface area contributed by atoms with Crippen LogP contribution in [0, 0.1) is 0 Å². The minimum Gasteiger partial charge on any atom is -0.372 e. The summed E-state index contributed by atoms with van der Waals surface area (Å²) in [6.07, 6.45) is 0.138. The van der Waals surface area contributed by atoms with Gasteiger partial charge in [0.25, 0.3) is 5.91 Å². The maximum absolute atomic E-state index is 12.2. The van der Waals surface area contributed by atoms with Gasteiger partial charge in [-0.05, 0) is 13.8 Å². The highest BCUT2D eigenvalue weighted by Gasteiger charge is 2.28. The van der Waals surface area contributed by atoms with Crippen LogP contribution in [0.15, 0.2) is 0 Å². The highest BCUT2D eigenvalue weighted by molar-refractivity contribution is 7.17. The first kappa shape index (κ1) is 12.3. The molecular weight excluding hydrogens is 240 g/mol. The Balaban J connectivity index is 2.08. The SMILES string of the molecule is CNc1nnc(C(=O)N2C[C@@H](C)O[C@@H](C)C2)s1. The summed E-state index contributed by atoms with van der Waals surface area (Å²) in [5, 5.41) is 11.7. The number of nitrogens with zero attached hydrogens (tertiary/aromatic N) is 3. The van der Waals surface area contributed by atoms with E-state index in [1.54, 1.807) is 11.9 Å². The zero-order valence-corrected chi connectivity index (χ0v) is 11.0. The maximum atomic E-state index is 12.2. The summed E-state index contributed by atoms with van der Waals surface area (Å²) in [5.74, 6) is -0.0639. The van der Waals surface area contributed by atoms with Crippen LogP contribution < -0.4 is 5.32 Å². The van der Waals surface area contributed by atoms with Crippen LogP contribution in [0.25, 0.3) is 0 Å².